The molecule has 0 saturated carbocycles. The highest BCUT2D eigenvalue weighted by Crippen LogP contribution is 2.53. The maximum atomic E-state index is 13.1. The predicted octanol–water partition coefficient (Wildman–Crippen LogP) is 2.38. The predicted molar refractivity (Wildman–Crippen MR) is 64.4 cm³/mol. The lowest BCUT2D eigenvalue weighted by molar-refractivity contribution is -0.397. The number of hydrogen-bond donors (Lipinski definition) is 2. The van der Waals surface area contributed by atoms with Gasteiger partial charge >= 0.3 is 47.2 Å². The molecule has 0 radical (unpaired) electrons. The van der Waals surface area contributed by atoms with Crippen molar-refractivity contribution in [2.75, 3.05) is 6.61 Å². The van der Waals surface area contributed by atoms with Gasteiger partial charge in [0.05, 0.1) is 19.4 Å². The van der Waals surface area contributed by atoms with Gasteiger partial charge in [0.25, 0.3) is 0 Å². The molecule has 17 heteroatoms. The number of alkyl halides is 9. The Labute approximate surface area is 145 Å². The fourth-order valence-electron chi connectivity index (χ4n) is 1.33. The first kappa shape index (κ1) is 25.4. The van der Waals surface area contributed by atoms with Crippen molar-refractivity contribution >= 4 is 23.3 Å². The number of esters is 1. The fraction of sp³-hybridized carbons (Fsp3) is 0.800. The molecule has 0 rings (SSSR count). The number of carbonyl (C=O) groups is 2. The molecule has 0 heterocycles. The molecule has 0 spiro atoms. The van der Waals surface area contributed by atoms with E-state index in [2.05, 4.69) is 8.92 Å². The van der Waals surface area contributed by atoms with E-state index in [1.54, 1.807) is 0 Å². The van der Waals surface area contributed by atoms with Gasteiger partial charge in [-0.05, 0) is 0 Å². The summed E-state index contributed by atoms with van der Waals surface area (Å²) in [5.41, 5.74) is 0. The second-order valence-electron chi connectivity index (χ2n) is 4.67. The van der Waals surface area contributed by atoms with Crippen LogP contribution in [0.15, 0.2) is 0 Å². The van der Waals surface area contributed by atoms with Crippen molar-refractivity contribution in [3.63, 3.8) is 0 Å². The summed E-state index contributed by atoms with van der Waals surface area (Å²) in [5.74, 6) is -23.7. The molecule has 0 aliphatic carbocycles. The Balaban J connectivity index is 4.94. The number of carbonyl (C=O) groups excluding carboxylic acids is 1. The first-order valence-electron chi connectivity index (χ1n) is 6.23. The van der Waals surface area contributed by atoms with Crippen LogP contribution in [0.2, 0.25) is 0 Å². The molecule has 160 valence electrons. The van der Waals surface area contributed by atoms with E-state index in [1.807, 2.05) is 0 Å². The van der Waals surface area contributed by atoms with Gasteiger partial charge in [-0.3, -0.25) is 13.5 Å². The molecule has 0 aromatic carbocycles. The van der Waals surface area contributed by atoms with Gasteiger partial charge < -0.3 is 9.84 Å². The van der Waals surface area contributed by atoms with Crippen LogP contribution in [0.5, 0.6) is 0 Å². The molecule has 27 heavy (non-hydrogen) atoms. The molecule has 7 nitrogen and oxygen atoms in total. The third-order valence-electron chi connectivity index (χ3n) is 2.71. The number of aliphatic carboxylic acids is 1. The third kappa shape index (κ3) is 6.20. The van der Waals surface area contributed by atoms with Crippen LogP contribution in [0.25, 0.3) is 0 Å². The van der Waals surface area contributed by atoms with E-state index in [9.17, 15) is 53.3 Å². The molecule has 0 aromatic rings. The second-order valence-corrected chi connectivity index (χ2v) is 5.29. The Kier molecular flexibility index (Phi) is 8.08. The molecule has 0 saturated heterocycles. The van der Waals surface area contributed by atoms with Crippen LogP contribution in [0.4, 0.5) is 39.5 Å². The summed E-state index contributed by atoms with van der Waals surface area (Å²) in [7, 11) is 0. The van der Waals surface area contributed by atoms with Crippen molar-refractivity contribution in [2.45, 2.75) is 42.9 Å². The van der Waals surface area contributed by atoms with Crippen molar-refractivity contribution in [3.05, 3.63) is 0 Å². The number of hydrogen-bond acceptors (Lipinski definition) is 5. The first-order valence-corrected chi connectivity index (χ1v) is 7.26. The van der Waals surface area contributed by atoms with Crippen molar-refractivity contribution in [1.29, 1.82) is 0 Å². The Morgan fingerprint density at radius 1 is 0.963 bits per heavy atom. The lowest BCUT2D eigenvalue weighted by Gasteiger charge is -2.33. The first-order chi connectivity index (χ1) is 11.9. The quantitative estimate of drug-likeness (QED) is 0.303. The molecule has 0 aromatic heterocycles. The number of carboxylic acid groups (broad SMARTS) is 1. The zero-order valence-electron chi connectivity index (χ0n) is 12.4. The monoisotopic (exact) mass is 444 g/mol. The minimum Gasteiger partial charge on any atom is -0.479 e. The molecular formula is C10H9F9O7S. The number of rotatable bonds is 10. The maximum Gasteiger partial charge on any atom is 0.460 e. The van der Waals surface area contributed by atoms with E-state index in [4.69, 9.17) is 9.66 Å². The van der Waals surface area contributed by atoms with E-state index in [0.29, 0.717) is 0 Å². The standard InChI is InChI=1S/C10H9F9O7S/c11-7(12,8(13,14)9(15,16)10(17,18)19)1-2-25-5(20)3-4(6(21)22)26-27(23)24/h4H,1-3H2,(H,21,22)(H,23,24). The SMILES string of the molecule is O=C(CC(OS(=O)O)C(=O)O)OCCC(F)(F)C(F)(F)C(F)(F)C(F)(F)F. The number of ether oxygens (including phenoxy) is 1. The average Bonchev–Trinajstić information content (AvgIpc) is 2.44. The van der Waals surface area contributed by atoms with Crippen LogP contribution in [0, 0.1) is 0 Å². The van der Waals surface area contributed by atoms with Crippen LogP contribution in [-0.4, -0.2) is 62.5 Å². The fourth-order valence-corrected chi connectivity index (χ4v) is 1.68. The third-order valence-corrected chi connectivity index (χ3v) is 3.11. The summed E-state index contributed by atoms with van der Waals surface area (Å²) >= 11 is -3.18. The Hall–Kier alpha value is -1.62. The van der Waals surface area contributed by atoms with Gasteiger partial charge in [-0.1, -0.05) is 0 Å². The smallest absolute Gasteiger partial charge is 0.460 e. The van der Waals surface area contributed by atoms with Crippen molar-refractivity contribution < 1.29 is 71.9 Å². The van der Waals surface area contributed by atoms with Gasteiger partial charge in [-0.15, -0.1) is 0 Å². The van der Waals surface area contributed by atoms with Gasteiger partial charge in [0.15, 0.2) is 6.10 Å². The average molecular weight is 444 g/mol. The van der Waals surface area contributed by atoms with Crippen LogP contribution < -0.4 is 0 Å². The minimum absolute atomic E-state index is 1.39. The van der Waals surface area contributed by atoms with E-state index in [-0.39, 0.29) is 0 Å². The zero-order chi connectivity index (χ0) is 21.8. The summed E-state index contributed by atoms with van der Waals surface area (Å²) in [5, 5.41) is 8.51. The van der Waals surface area contributed by atoms with E-state index in [1.165, 1.54) is 0 Å². The lowest BCUT2D eigenvalue weighted by Crippen LogP contribution is -2.61. The van der Waals surface area contributed by atoms with Crippen LogP contribution in [-0.2, 0) is 29.9 Å². The second kappa shape index (κ2) is 8.59. The minimum atomic E-state index is -7.10. The van der Waals surface area contributed by atoms with Crippen molar-refractivity contribution in [2.24, 2.45) is 0 Å². The van der Waals surface area contributed by atoms with Crippen LogP contribution >= 0.6 is 0 Å². The van der Waals surface area contributed by atoms with Crippen LogP contribution in [0.3, 0.4) is 0 Å². The van der Waals surface area contributed by atoms with Gasteiger partial charge in [0.1, 0.15) is 0 Å². The number of carboxylic acids is 1. The van der Waals surface area contributed by atoms with Gasteiger partial charge in [0.2, 0.25) is 0 Å². The highest BCUT2D eigenvalue weighted by atomic mass is 32.2. The van der Waals surface area contributed by atoms with Gasteiger partial charge in [0, 0.05) is 0 Å². The molecule has 0 aliphatic heterocycles. The Bertz CT molecular complexity index is 578. The Morgan fingerprint density at radius 3 is 1.81 bits per heavy atom. The molecular weight excluding hydrogens is 435 g/mol. The van der Waals surface area contributed by atoms with Crippen molar-refractivity contribution in [1.82, 2.24) is 0 Å². The summed E-state index contributed by atoms with van der Waals surface area (Å²) < 4.78 is 139. The normalized spacial score (nSPS) is 15.9. The highest BCUT2D eigenvalue weighted by Gasteiger charge is 2.81. The summed E-state index contributed by atoms with van der Waals surface area (Å²) in [6.07, 6.45) is -13.2. The maximum absolute atomic E-state index is 13.1. The highest BCUT2D eigenvalue weighted by molar-refractivity contribution is 7.74. The van der Waals surface area contributed by atoms with Crippen molar-refractivity contribution in [3.8, 4) is 0 Å². The molecule has 0 amide bonds. The number of halogens is 9. The van der Waals surface area contributed by atoms with E-state index in [0.717, 1.165) is 0 Å². The largest absolute Gasteiger partial charge is 0.479 e. The molecule has 2 unspecified atom stereocenters. The van der Waals surface area contributed by atoms with Gasteiger partial charge in [-0.25, -0.2) is 4.79 Å². The molecule has 0 fully saturated rings. The van der Waals surface area contributed by atoms with Gasteiger partial charge in [-0.2, -0.15) is 43.7 Å². The molecule has 0 aliphatic rings. The lowest BCUT2D eigenvalue weighted by atomic mass is 10.0. The summed E-state index contributed by atoms with van der Waals surface area (Å²) in [6.45, 7) is -1.80. The van der Waals surface area contributed by atoms with Crippen LogP contribution in [0.1, 0.15) is 12.8 Å². The van der Waals surface area contributed by atoms with E-state index >= 15 is 0 Å². The van der Waals surface area contributed by atoms with E-state index < -0.39 is 72.8 Å². The summed E-state index contributed by atoms with van der Waals surface area (Å²) in [4.78, 5) is 21.7. The molecule has 2 N–H and O–H groups in total. The Morgan fingerprint density at radius 2 is 1.44 bits per heavy atom. The summed E-state index contributed by atoms with van der Waals surface area (Å²) in [6, 6.07) is 0. The molecule has 2 atom stereocenters. The zero-order valence-corrected chi connectivity index (χ0v) is 13.3. The topological polar surface area (TPSA) is 110 Å². The molecule has 0 bridgehead atoms.